The van der Waals surface area contributed by atoms with E-state index in [4.69, 9.17) is 5.73 Å². The van der Waals surface area contributed by atoms with Gasteiger partial charge in [-0.25, -0.2) is 4.39 Å². The Morgan fingerprint density at radius 1 is 1.56 bits per heavy atom. The molecule has 0 saturated carbocycles. The van der Waals surface area contributed by atoms with Crippen molar-refractivity contribution < 1.29 is 14.1 Å². The summed E-state index contributed by atoms with van der Waals surface area (Å²) in [6, 6.07) is 3.36. The SMILES string of the molecule is CC(C)(CN)C(=O)Nc1c(F)cccc1[N+](=O)[O-]. The minimum atomic E-state index is -0.934. The van der Waals surface area contributed by atoms with Crippen LogP contribution in [0.1, 0.15) is 13.8 Å². The summed E-state index contributed by atoms with van der Waals surface area (Å²) >= 11 is 0. The molecule has 0 bridgehead atoms. The number of nitrogens with two attached hydrogens (primary N) is 1. The second kappa shape index (κ2) is 5.09. The van der Waals surface area contributed by atoms with Gasteiger partial charge in [-0.15, -0.1) is 0 Å². The van der Waals surface area contributed by atoms with Crippen molar-refractivity contribution >= 4 is 17.3 Å². The molecule has 0 fully saturated rings. The van der Waals surface area contributed by atoms with Crippen LogP contribution in [0.2, 0.25) is 0 Å². The molecule has 1 aromatic carbocycles. The number of para-hydroxylation sites is 1. The normalized spacial score (nSPS) is 11.1. The molecule has 0 atom stereocenters. The van der Waals surface area contributed by atoms with Crippen LogP contribution in [0.15, 0.2) is 18.2 Å². The Hall–Kier alpha value is -2.02. The quantitative estimate of drug-likeness (QED) is 0.631. The van der Waals surface area contributed by atoms with E-state index in [0.29, 0.717) is 0 Å². The molecule has 0 radical (unpaired) electrons. The Morgan fingerprint density at radius 2 is 2.17 bits per heavy atom. The van der Waals surface area contributed by atoms with Crippen LogP contribution < -0.4 is 11.1 Å². The van der Waals surface area contributed by atoms with Gasteiger partial charge in [0.15, 0.2) is 11.5 Å². The van der Waals surface area contributed by atoms with E-state index in [0.717, 1.165) is 12.1 Å². The van der Waals surface area contributed by atoms with Gasteiger partial charge in [-0.3, -0.25) is 14.9 Å². The third kappa shape index (κ3) is 2.80. The number of nitrogens with one attached hydrogen (secondary N) is 1. The van der Waals surface area contributed by atoms with Gasteiger partial charge < -0.3 is 11.1 Å². The first-order valence-corrected chi connectivity index (χ1v) is 5.24. The number of nitro benzene ring substituents is 1. The highest BCUT2D eigenvalue weighted by Gasteiger charge is 2.29. The lowest BCUT2D eigenvalue weighted by molar-refractivity contribution is -0.384. The number of carbonyl (C=O) groups is 1. The predicted octanol–water partition coefficient (Wildman–Crippen LogP) is 1.66. The molecule has 18 heavy (non-hydrogen) atoms. The summed E-state index contributed by atoms with van der Waals surface area (Å²) in [5, 5.41) is 13.0. The smallest absolute Gasteiger partial charge is 0.295 e. The summed E-state index contributed by atoms with van der Waals surface area (Å²) in [7, 11) is 0. The number of nitro groups is 1. The highest BCUT2D eigenvalue weighted by molar-refractivity contribution is 5.97. The van der Waals surface area contributed by atoms with E-state index in [1.807, 2.05) is 0 Å². The second-order valence-corrected chi connectivity index (χ2v) is 4.43. The molecular formula is C11H14FN3O3. The highest BCUT2D eigenvalue weighted by Crippen LogP contribution is 2.28. The number of halogens is 1. The topological polar surface area (TPSA) is 98.3 Å². The molecule has 7 heteroatoms. The zero-order valence-corrected chi connectivity index (χ0v) is 10.1. The first-order chi connectivity index (χ1) is 8.29. The zero-order valence-electron chi connectivity index (χ0n) is 10.1. The summed E-state index contributed by atoms with van der Waals surface area (Å²) in [5.74, 6) is -1.43. The molecule has 0 unspecified atom stereocenters. The molecule has 0 aliphatic carbocycles. The Morgan fingerprint density at radius 3 is 2.67 bits per heavy atom. The van der Waals surface area contributed by atoms with Crippen molar-refractivity contribution in [2.45, 2.75) is 13.8 Å². The molecule has 0 heterocycles. The Labute approximate surface area is 103 Å². The lowest BCUT2D eigenvalue weighted by Crippen LogP contribution is -2.37. The summed E-state index contributed by atoms with van der Waals surface area (Å²) in [6.45, 7) is 3.17. The van der Waals surface area contributed by atoms with Gasteiger partial charge in [0.05, 0.1) is 10.3 Å². The standard InChI is InChI=1S/C11H14FN3O3/c1-11(2,6-13)10(16)14-9-7(12)4-3-5-8(9)15(17)18/h3-5H,6,13H2,1-2H3,(H,14,16). The van der Waals surface area contributed by atoms with Crippen LogP contribution >= 0.6 is 0 Å². The molecule has 1 rings (SSSR count). The van der Waals surface area contributed by atoms with Crippen LogP contribution in [-0.4, -0.2) is 17.4 Å². The zero-order chi connectivity index (χ0) is 13.9. The summed E-state index contributed by atoms with van der Waals surface area (Å²) < 4.78 is 13.5. The third-order valence-corrected chi connectivity index (χ3v) is 2.55. The summed E-state index contributed by atoms with van der Waals surface area (Å²) in [4.78, 5) is 21.8. The van der Waals surface area contributed by atoms with Gasteiger partial charge >= 0.3 is 0 Å². The van der Waals surface area contributed by atoms with Crippen LogP contribution in [0.5, 0.6) is 0 Å². The van der Waals surface area contributed by atoms with E-state index < -0.39 is 33.4 Å². The van der Waals surface area contributed by atoms with Gasteiger partial charge in [0, 0.05) is 12.6 Å². The fourth-order valence-corrected chi connectivity index (χ4v) is 1.16. The molecule has 3 N–H and O–H groups in total. The lowest BCUT2D eigenvalue weighted by Gasteiger charge is -2.21. The van der Waals surface area contributed by atoms with Gasteiger partial charge in [-0.2, -0.15) is 0 Å². The van der Waals surface area contributed by atoms with Crippen molar-refractivity contribution in [1.29, 1.82) is 0 Å². The minimum Gasteiger partial charge on any atom is -0.329 e. The van der Waals surface area contributed by atoms with E-state index in [1.54, 1.807) is 13.8 Å². The number of amides is 1. The monoisotopic (exact) mass is 255 g/mol. The molecule has 0 aliphatic rings. The second-order valence-electron chi connectivity index (χ2n) is 4.43. The van der Waals surface area contributed by atoms with Crippen LogP contribution in [-0.2, 0) is 4.79 Å². The Balaban J connectivity index is 3.12. The van der Waals surface area contributed by atoms with Crippen molar-refractivity contribution in [3.05, 3.63) is 34.1 Å². The largest absolute Gasteiger partial charge is 0.329 e. The molecule has 98 valence electrons. The van der Waals surface area contributed by atoms with E-state index in [2.05, 4.69) is 5.32 Å². The number of benzene rings is 1. The van der Waals surface area contributed by atoms with Crippen LogP contribution in [0, 0.1) is 21.3 Å². The number of carbonyl (C=O) groups excluding carboxylic acids is 1. The summed E-state index contributed by atoms with van der Waals surface area (Å²) in [5.41, 5.74) is 3.55. The number of anilines is 1. The first-order valence-electron chi connectivity index (χ1n) is 5.24. The van der Waals surface area contributed by atoms with Crippen molar-refractivity contribution in [2.24, 2.45) is 11.1 Å². The van der Waals surface area contributed by atoms with Crippen LogP contribution in [0.4, 0.5) is 15.8 Å². The number of nitrogens with zero attached hydrogens (tertiary/aromatic N) is 1. The molecule has 0 aromatic heterocycles. The van der Waals surface area contributed by atoms with Gasteiger partial charge in [0.1, 0.15) is 0 Å². The highest BCUT2D eigenvalue weighted by atomic mass is 19.1. The van der Waals surface area contributed by atoms with E-state index in [9.17, 15) is 19.3 Å². The summed E-state index contributed by atoms with van der Waals surface area (Å²) in [6.07, 6.45) is 0. The van der Waals surface area contributed by atoms with Gasteiger partial charge in [0.25, 0.3) is 5.69 Å². The predicted molar refractivity (Wildman–Crippen MR) is 64.5 cm³/mol. The maximum Gasteiger partial charge on any atom is 0.295 e. The van der Waals surface area contributed by atoms with Gasteiger partial charge in [0.2, 0.25) is 5.91 Å². The maximum atomic E-state index is 13.5. The number of rotatable bonds is 4. The molecule has 0 aliphatic heterocycles. The Kier molecular flexibility index (Phi) is 3.97. The van der Waals surface area contributed by atoms with E-state index in [1.165, 1.54) is 6.07 Å². The number of hydrogen-bond acceptors (Lipinski definition) is 4. The van der Waals surface area contributed by atoms with E-state index >= 15 is 0 Å². The van der Waals surface area contributed by atoms with Crippen LogP contribution in [0.25, 0.3) is 0 Å². The number of hydrogen-bond donors (Lipinski definition) is 2. The van der Waals surface area contributed by atoms with Crippen molar-refractivity contribution in [2.75, 3.05) is 11.9 Å². The van der Waals surface area contributed by atoms with E-state index in [-0.39, 0.29) is 6.54 Å². The molecule has 0 saturated heterocycles. The molecule has 6 nitrogen and oxygen atoms in total. The van der Waals surface area contributed by atoms with Crippen molar-refractivity contribution in [1.82, 2.24) is 0 Å². The van der Waals surface area contributed by atoms with Gasteiger partial charge in [-0.1, -0.05) is 6.07 Å². The van der Waals surface area contributed by atoms with Crippen molar-refractivity contribution in [3.8, 4) is 0 Å². The first kappa shape index (κ1) is 14.0. The Bertz CT molecular complexity index is 488. The maximum absolute atomic E-state index is 13.5. The molecule has 0 spiro atoms. The average Bonchev–Trinajstić information content (AvgIpc) is 2.31. The minimum absolute atomic E-state index is 0.0427. The average molecular weight is 255 g/mol. The van der Waals surface area contributed by atoms with Gasteiger partial charge in [-0.05, 0) is 19.9 Å². The third-order valence-electron chi connectivity index (χ3n) is 2.55. The fourth-order valence-electron chi connectivity index (χ4n) is 1.16. The molecule has 1 amide bonds. The fraction of sp³-hybridized carbons (Fsp3) is 0.364. The molecular weight excluding hydrogens is 241 g/mol. The molecule has 1 aromatic rings. The van der Waals surface area contributed by atoms with Crippen molar-refractivity contribution in [3.63, 3.8) is 0 Å². The lowest BCUT2D eigenvalue weighted by atomic mass is 9.92. The van der Waals surface area contributed by atoms with Crippen LogP contribution in [0.3, 0.4) is 0 Å².